The van der Waals surface area contributed by atoms with Crippen LogP contribution in [-0.2, 0) is 9.53 Å². The van der Waals surface area contributed by atoms with Crippen molar-refractivity contribution in [3.8, 4) is 0 Å². The number of nitrogens with two attached hydrogens (primary N) is 1. The number of rotatable bonds is 6. The zero-order valence-corrected chi connectivity index (χ0v) is 11.9. The number of hydrogen-bond acceptors (Lipinski definition) is 3. The molecule has 0 bridgehead atoms. The fraction of sp³-hybridized carbons (Fsp3) is 0.562. The SMILES string of the molecule is NCCCCNC(=O)C1CCCOC1c1ccccc1. The maximum absolute atomic E-state index is 12.3. The van der Waals surface area contributed by atoms with Crippen LogP contribution < -0.4 is 11.1 Å². The van der Waals surface area contributed by atoms with Gasteiger partial charge in [0.15, 0.2) is 0 Å². The minimum atomic E-state index is -0.112. The Labute approximate surface area is 120 Å². The van der Waals surface area contributed by atoms with E-state index >= 15 is 0 Å². The van der Waals surface area contributed by atoms with Gasteiger partial charge in [-0.05, 0) is 37.8 Å². The Morgan fingerprint density at radius 1 is 1.30 bits per heavy atom. The van der Waals surface area contributed by atoms with Gasteiger partial charge in [-0.15, -0.1) is 0 Å². The number of ether oxygens (including phenoxy) is 1. The van der Waals surface area contributed by atoms with Gasteiger partial charge in [0, 0.05) is 13.2 Å². The Hall–Kier alpha value is -1.39. The molecule has 0 saturated carbocycles. The predicted octanol–water partition coefficient (Wildman–Crippen LogP) is 2.01. The lowest BCUT2D eigenvalue weighted by atomic mass is 9.89. The van der Waals surface area contributed by atoms with Crippen molar-refractivity contribution in [3.05, 3.63) is 35.9 Å². The predicted molar refractivity (Wildman–Crippen MR) is 79.2 cm³/mol. The van der Waals surface area contributed by atoms with Crippen LogP contribution in [0.1, 0.15) is 37.4 Å². The number of benzene rings is 1. The van der Waals surface area contributed by atoms with Gasteiger partial charge < -0.3 is 15.8 Å². The molecule has 0 radical (unpaired) electrons. The summed E-state index contributed by atoms with van der Waals surface area (Å²) >= 11 is 0. The van der Waals surface area contributed by atoms with Crippen molar-refractivity contribution in [2.45, 2.75) is 31.8 Å². The summed E-state index contributed by atoms with van der Waals surface area (Å²) in [6.07, 6.45) is 3.61. The highest BCUT2D eigenvalue weighted by Crippen LogP contribution is 2.33. The molecular weight excluding hydrogens is 252 g/mol. The summed E-state index contributed by atoms with van der Waals surface area (Å²) in [5, 5.41) is 3.01. The second kappa shape index (κ2) is 8.02. The molecule has 4 nitrogen and oxygen atoms in total. The van der Waals surface area contributed by atoms with Crippen LogP contribution in [0.25, 0.3) is 0 Å². The molecule has 0 aromatic heterocycles. The van der Waals surface area contributed by atoms with Gasteiger partial charge in [0.1, 0.15) is 0 Å². The van der Waals surface area contributed by atoms with E-state index in [1.807, 2.05) is 30.3 Å². The zero-order chi connectivity index (χ0) is 14.2. The molecule has 2 unspecified atom stereocenters. The lowest BCUT2D eigenvalue weighted by Crippen LogP contribution is -2.38. The summed E-state index contributed by atoms with van der Waals surface area (Å²) in [5.41, 5.74) is 6.55. The maximum Gasteiger partial charge on any atom is 0.226 e. The summed E-state index contributed by atoms with van der Waals surface area (Å²) in [6.45, 7) is 2.11. The van der Waals surface area contributed by atoms with Crippen LogP contribution >= 0.6 is 0 Å². The van der Waals surface area contributed by atoms with Crippen LogP contribution in [0.5, 0.6) is 0 Å². The first-order valence-electron chi connectivity index (χ1n) is 7.47. The monoisotopic (exact) mass is 276 g/mol. The summed E-state index contributed by atoms with van der Waals surface area (Å²) in [6, 6.07) is 10.0. The van der Waals surface area contributed by atoms with Crippen LogP contribution in [0.4, 0.5) is 0 Å². The largest absolute Gasteiger partial charge is 0.373 e. The molecule has 1 amide bonds. The van der Waals surface area contributed by atoms with E-state index < -0.39 is 0 Å². The quantitative estimate of drug-likeness (QED) is 0.781. The molecule has 1 aromatic carbocycles. The maximum atomic E-state index is 12.3. The third kappa shape index (κ3) is 4.05. The Morgan fingerprint density at radius 3 is 2.85 bits per heavy atom. The number of hydrogen-bond donors (Lipinski definition) is 2. The lowest BCUT2D eigenvalue weighted by Gasteiger charge is -2.31. The van der Waals surface area contributed by atoms with Crippen LogP contribution in [0.15, 0.2) is 30.3 Å². The molecule has 2 atom stereocenters. The summed E-state index contributed by atoms with van der Waals surface area (Å²) in [4.78, 5) is 12.3. The molecule has 1 aliphatic heterocycles. The summed E-state index contributed by atoms with van der Waals surface area (Å²) in [7, 11) is 0. The molecule has 4 heteroatoms. The molecule has 0 spiro atoms. The number of nitrogens with one attached hydrogen (secondary N) is 1. The first-order valence-corrected chi connectivity index (χ1v) is 7.47. The van der Waals surface area contributed by atoms with Crippen molar-refractivity contribution in [1.29, 1.82) is 0 Å². The third-order valence-electron chi connectivity index (χ3n) is 3.72. The van der Waals surface area contributed by atoms with Crippen molar-refractivity contribution < 1.29 is 9.53 Å². The van der Waals surface area contributed by atoms with Crippen LogP contribution in [0, 0.1) is 5.92 Å². The van der Waals surface area contributed by atoms with Gasteiger partial charge in [-0.2, -0.15) is 0 Å². The average Bonchev–Trinajstić information content (AvgIpc) is 2.52. The molecule has 110 valence electrons. The summed E-state index contributed by atoms with van der Waals surface area (Å²) in [5.74, 6) is 0.0274. The smallest absolute Gasteiger partial charge is 0.226 e. The number of carbonyl (C=O) groups is 1. The van der Waals surface area contributed by atoms with E-state index in [-0.39, 0.29) is 17.9 Å². The Morgan fingerprint density at radius 2 is 2.10 bits per heavy atom. The van der Waals surface area contributed by atoms with Crippen molar-refractivity contribution in [1.82, 2.24) is 5.32 Å². The number of amides is 1. The second-order valence-corrected chi connectivity index (χ2v) is 5.24. The summed E-state index contributed by atoms with van der Waals surface area (Å²) < 4.78 is 5.84. The van der Waals surface area contributed by atoms with E-state index in [1.165, 1.54) is 0 Å². The van der Waals surface area contributed by atoms with Crippen molar-refractivity contribution in [2.75, 3.05) is 19.7 Å². The molecule has 1 aromatic rings. The second-order valence-electron chi connectivity index (χ2n) is 5.24. The highest BCUT2D eigenvalue weighted by atomic mass is 16.5. The van der Waals surface area contributed by atoms with Gasteiger partial charge >= 0.3 is 0 Å². The van der Waals surface area contributed by atoms with Gasteiger partial charge in [0.05, 0.1) is 12.0 Å². The molecule has 20 heavy (non-hydrogen) atoms. The van der Waals surface area contributed by atoms with Crippen LogP contribution in [-0.4, -0.2) is 25.6 Å². The topological polar surface area (TPSA) is 64.3 Å². The van der Waals surface area contributed by atoms with E-state index in [4.69, 9.17) is 10.5 Å². The number of carbonyl (C=O) groups excluding carboxylic acids is 1. The van der Waals surface area contributed by atoms with E-state index in [1.54, 1.807) is 0 Å². The number of unbranched alkanes of at least 4 members (excludes halogenated alkanes) is 1. The van der Waals surface area contributed by atoms with E-state index in [0.29, 0.717) is 13.1 Å². The van der Waals surface area contributed by atoms with Gasteiger partial charge in [0.2, 0.25) is 5.91 Å². The van der Waals surface area contributed by atoms with Gasteiger partial charge in [-0.25, -0.2) is 0 Å². The Bertz CT molecular complexity index is 408. The minimum absolute atomic E-state index is 0.0796. The van der Waals surface area contributed by atoms with Gasteiger partial charge in [0.25, 0.3) is 0 Å². The lowest BCUT2D eigenvalue weighted by molar-refractivity contribution is -0.134. The molecule has 1 saturated heterocycles. The molecule has 1 aliphatic rings. The molecule has 1 fully saturated rings. The van der Waals surface area contributed by atoms with Crippen LogP contribution in [0.3, 0.4) is 0 Å². The standard InChI is InChI=1S/C16H24N2O2/c17-10-4-5-11-18-16(19)14-9-6-12-20-15(14)13-7-2-1-3-8-13/h1-3,7-8,14-15H,4-6,9-12,17H2,(H,18,19). The van der Waals surface area contributed by atoms with Crippen molar-refractivity contribution in [2.24, 2.45) is 11.7 Å². The third-order valence-corrected chi connectivity index (χ3v) is 3.72. The van der Waals surface area contributed by atoms with E-state index in [9.17, 15) is 4.79 Å². The minimum Gasteiger partial charge on any atom is -0.373 e. The van der Waals surface area contributed by atoms with Crippen LogP contribution in [0.2, 0.25) is 0 Å². The molecule has 0 aliphatic carbocycles. The van der Waals surface area contributed by atoms with E-state index in [2.05, 4.69) is 5.32 Å². The highest BCUT2D eigenvalue weighted by Gasteiger charge is 2.32. The van der Waals surface area contributed by atoms with E-state index in [0.717, 1.165) is 37.9 Å². The molecule has 1 heterocycles. The Kier molecular flexibility index (Phi) is 6.02. The fourth-order valence-corrected chi connectivity index (χ4v) is 2.63. The first kappa shape index (κ1) is 15.0. The molecular formula is C16H24N2O2. The normalized spacial score (nSPS) is 22.4. The van der Waals surface area contributed by atoms with Crippen molar-refractivity contribution in [3.63, 3.8) is 0 Å². The zero-order valence-electron chi connectivity index (χ0n) is 11.9. The fourth-order valence-electron chi connectivity index (χ4n) is 2.63. The van der Waals surface area contributed by atoms with Gasteiger partial charge in [-0.3, -0.25) is 4.79 Å². The highest BCUT2D eigenvalue weighted by molar-refractivity contribution is 5.79. The Balaban J connectivity index is 1.94. The van der Waals surface area contributed by atoms with Crippen molar-refractivity contribution >= 4 is 5.91 Å². The molecule has 2 rings (SSSR count). The molecule has 3 N–H and O–H groups in total. The average molecular weight is 276 g/mol. The first-order chi connectivity index (χ1) is 9.83. The van der Waals surface area contributed by atoms with Gasteiger partial charge in [-0.1, -0.05) is 30.3 Å².